The van der Waals surface area contributed by atoms with Gasteiger partial charge in [0.1, 0.15) is 12.5 Å². The molecule has 2 saturated heterocycles. The van der Waals surface area contributed by atoms with E-state index < -0.39 is 6.23 Å². The number of hydrogen-bond donors (Lipinski definition) is 2. The Morgan fingerprint density at radius 2 is 2.58 bits per heavy atom. The summed E-state index contributed by atoms with van der Waals surface area (Å²) in [6, 6.07) is 0. The average molecular weight is 172 g/mol. The van der Waals surface area contributed by atoms with E-state index in [9.17, 15) is 9.90 Å². The lowest BCUT2D eigenvalue weighted by molar-refractivity contribution is -0.109. The van der Waals surface area contributed by atoms with Gasteiger partial charge in [0, 0.05) is 6.54 Å². The molecule has 3 atom stereocenters. The van der Waals surface area contributed by atoms with Crippen molar-refractivity contribution in [2.45, 2.75) is 25.1 Å². The van der Waals surface area contributed by atoms with Crippen LogP contribution in [0.4, 0.5) is 0 Å². The van der Waals surface area contributed by atoms with Crippen molar-refractivity contribution in [3.05, 3.63) is 0 Å². The fourth-order valence-electron chi connectivity index (χ4n) is 1.48. The number of carbonyl (C=O) groups is 1. The summed E-state index contributed by atoms with van der Waals surface area (Å²) in [7, 11) is 0. The van der Waals surface area contributed by atoms with Crippen LogP contribution >= 0.6 is 0 Å². The normalized spacial score (nSPS) is 41.6. The Hall–Kier alpha value is -0.490. The van der Waals surface area contributed by atoms with Crippen LogP contribution in [0.1, 0.15) is 6.42 Å². The van der Waals surface area contributed by atoms with Crippen LogP contribution in [0, 0.1) is 0 Å². The third-order valence-electron chi connectivity index (χ3n) is 2.18. The van der Waals surface area contributed by atoms with Crippen LogP contribution in [-0.2, 0) is 9.53 Å². The Labute approximate surface area is 70.3 Å². The summed E-state index contributed by atoms with van der Waals surface area (Å²) >= 11 is 0. The van der Waals surface area contributed by atoms with Crippen LogP contribution < -0.4 is 5.32 Å². The molecule has 3 unspecified atom stereocenters. The molecule has 0 bridgehead atoms. The number of hydrogen-bond acceptors (Lipinski definition) is 5. The minimum Gasteiger partial charge on any atom is -0.378 e. The number of fused-ring (bicyclic) bond motifs is 1. The number of rotatable bonds is 2. The van der Waals surface area contributed by atoms with Crippen LogP contribution in [0.25, 0.3) is 0 Å². The van der Waals surface area contributed by atoms with Crippen LogP contribution in [0.2, 0.25) is 0 Å². The summed E-state index contributed by atoms with van der Waals surface area (Å²) in [5.41, 5.74) is 0. The molecule has 0 radical (unpaired) electrons. The number of epoxide rings is 1. The average Bonchev–Trinajstić information content (AvgIpc) is 2.76. The van der Waals surface area contributed by atoms with E-state index in [1.54, 1.807) is 0 Å². The number of aldehydes is 1. The van der Waals surface area contributed by atoms with Gasteiger partial charge in [-0.3, -0.25) is 10.2 Å². The number of ether oxygens (including phenoxy) is 1. The zero-order chi connectivity index (χ0) is 8.55. The third kappa shape index (κ3) is 1.49. The fourth-order valence-corrected chi connectivity index (χ4v) is 1.48. The quantitative estimate of drug-likeness (QED) is 0.391. The molecule has 0 aromatic rings. The zero-order valence-corrected chi connectivity index (χ0v) is 6.64. The van der Waals surface area contributed by atoms with Gasteiger partial charge in [0.2, 0.25) is 0 Å². The molecule has 5 heteroatoms. The Kier molecular flexibility index (Phi) is 2.10. The highest BCUT2D eigenvalue weighted by molar-refractivity contribution is 5.52. The highest BCUT2D eigenvalue weighted by atomic mass is 16.6. The Bertz CT molecular complexity index is 187. The molecule has 12 heavy (non-hydrogen) atoms. The highest BCUT2D eigenvalue weighted by Gasteiger charge is 2.46. The van der Waals surface area contributed by atoms with E-state index in [2.05, 4.69) is 5.32 Å². The molecular formula is C7H12N2O3. The van der Waals surface area contributed by atoms with Gasteiger partial charge in [-0.2, -0.15) is 0 Å². The van der Waals surface area contributed by atoms with E-state index in [-0.39, 0.29) is 12.5 Å². The monoisotopic (exact) mass is 172 g/mol. The molecule has 2 aliphatic rings. The molecular weight excluding hydrogens is 160 g/mol. The van der Waals surface area contributed by atoms with Gasteiger partial charge in [-0.15, -0.1) is 0 Å². The summed E-state index contributed by atoms with van der Waals surface area (Å²) in [5, 5.41) is 12.1. The molecule has 0 aromatic heterocycles. The summed E-state index contributed by atoms with van der Waals surface area (Å²) < 4.78 is 5.19. The van der Waals surface area contributed by atoms with E-state index in [0.29, 0.717) is 19.5 Å². The zero-order valence-electron chi connectivity index (χ0n) is 6.64. The van der Waals surface area contributed by atoms with Gasteiger partial charge in [0.25, 0.3) is 0 Å². The van der Waals surface area contributed by atoms with Gasteiger partial charge in [-0.1, -0.05) is 0 Å². The van der Waals surface area contributed by atoms with Gasteiger partial charge in [-0.25, -0.2) is 0 Å². The molecule has 2 aliphatic heterocycles. The van der Waals surface area contributed by atoms with E-state index >= 15 is 0 Å². The SMILES string of the molecule is O=CCN1CCC(O)NC2OC21. The molecule has 0 amide bonds. The minimum absolute atomic E-state index is 0.00708. The fraction of sp³-hybridized carbons (Fsp3) is 0.857. The van der Waals surface area contributed by atoms with Crippen LogP contribution in [-0.4, -0.2) is 48.1 Å². The second kappa shape index (κ2) is 3.10. The lowest BCUT2D eigenvalue weighted by Crippen LogP contribution is -2.30. The molecule has 2 N–H and O–H groups in total. The maximum atomic E-state index is 10.3. The van der Waals surface area contributed by atoms with E-state index in [1.807, 2.05) is 4.90 Å². The van der Waals surface area contributed by atoms with Crippen molar-refractivity contribution in [2.24, 2.45) is 0 Å². The molecule has 5 nitrogen and oxygen atoms in total. The standard InChI is InChI=1S/C7H12N2O3/c10-4-3-9-2-1-5(11)8-6-7(9)12-6/h4-8,11H,1-3H2. The molecule has 0 aromatic carbocycles. The van der Waals surface area contributed by atoms with Gasteiger partial charge >= 0.3 is 0 Å². The van der Waals surface area contributed by atoms with Crippen molar-refractivity contribution in [3.63, 3.8) is 0 Å². The second-order valence-electron chi connectivity index (χ2n) is 3.08. The summed E-state index contributed by atoms with van der Waals surface area (Å²) in [6.07, 6.45) is 0.909. The van der Waals surface area contributed by atoms with Crippen molar-refractivity contribution in [1.82, 2.24) is 10.2 Å². The van der Waals surface area contributed by atoms with Crippen molar-refractivity contribution in [1.29, 1.82) is 0 Å². The van der Waals surface area contributed by atoms with Gasteiger partial charge in [-0.05, 0) is 6.42 Å². The number of nitrogens with one attached hydrogen (secondary N) is 1. The molecule has 0 spiro atoms. The Morgan fingerprint density at radius 3 is 3.33 bits per heavy atom. The van der Waals surface area contributed by atoms with Gasteiger partial charge < -0.3 is 14.6 Å². The molecule has 2 heterocycles. The lowest BCUT2D eigenvalue weighted by Gasteiger charge is -2.15. The van der Waals surface area contributed by atoms with Crippen LogP contribution in [0.5, 0.6) is 0 Å². The minimum atomic E-state index is -0.503. The number of carbonyl (C=O) groups excluding carboxylic acids is 1. The van der Waals surface area contributed by atoms with E-state index in [0.717, 1.165) is 6.29 Å². The van der Waals surface area contributed by atoms with Crippen LogP contribution in [0.15, 0.2) is 0 Å². The highest BCUT2D eigenvalue weighted by Crippen LogP contribution is 2.26. The smallest absolute Gasteiger partial charge is 0.153 e. The second-order valence-corrected chi connectivity index (χ2v) is 3.08. The molecule has 2 rings (SSSR count). The predicted octanol–water partition coefficient (Wildman–Crippen LogP) is -1.52. The number of nitrogens with zero attached hydrogens (tertiary/aromatic N) is 1. The molecule has 0 aliphatic carbocycles. The first kappa shape index (κ1) is 8.12. The summed E-state index contributed by atoms with van der Waals surface area (Å²) in [4.78, 5) is 12.2. The molecule has 68 valence electrons. The first-order valence-electron chi connectivity index (χ1n) is 4.08. The third-order valence-corrected chi connectivity index (χ3v) is 2.18. The lowest BCUT2D eigenvalue weighted by atomic mass is 10.3. The summed E-state index contributed by atoms with van der Waals surface area (Å²) in [5.74, 6) is 0. The predicted molar refractivity (Wildman–Crippen MR) is 40.1 cm³/mol. The van der Waals surface area contributed by atoms with Crippen molar-refractivity contribution < 1.29 is 14.6 Å². The summed E-state index contributed by atoms with van der Waals surface area (Å²) in [6.45, 7) is 1.09. The van der Waals surface area contributed by atoms with Crippen molar-refractivity contribution in [2.75, 3.05) is 13.1 Å². The van der Waals surface area contributed by atoms with E-state index in [1.165, 1.54) is 0 Å². The first-order valence-corrected chi connectivity index (χ1v) is 4.08. The molecule has 2 fully saturated rings. The van der Waals surface area contributed by atoms with Crippen LogP contribution in [0.3, 0.4) is 0 Å². The maximum Gasteiger partial charge on any atom is 0.153 e. The number of aliphatic hydroxyl groups is 1. The van der Waals surface area contributed by atoms with Crippen molar-refractivity contribution in [3.8, 4) is 0 Å². The van der Waals surface area contributed by atoms with Gasteiger partial charge in [0.15, 0.2) is 12.5 Å². The van der Waals surface area contributed by atoms with Gasteiger partial charge in [0.05, 0.1) is 6.54 Å². The Balaban J connectivity index is 1.93. The largest absolute Gasteiger partial charge is 0.378 e. The van der Waals surface area contributed by atoms with E-state index in [4.69, 9.17) is 4.74 Å². The van der Waals surface area contributed by atoms with Crippen molar-refractivity contribution >= 4 is 6.29 Å². The maximum absolute atomic E-state index is 10.3. The topological polar surface area (TPSA) is 65.1 Å². The first-order chi connectivity index (χ1) is 5.81. The number of aliphatic hydroxyl groups excluding tert-OH is 1. The Morgan fingerprint density at radius 1 is 1.75 bits per heavy atom. The molecule has 0 saturated carbocycles.